The lowest BCUT2D eigenvalue weighted by Crippen LogP contribution is -2.52. The van der Waals surface area contributed by atoms with Gasteiger partial charge in [0.15, 0.2) is 0 Å². The molecule has 4 nitrogen and oxygen atoms in total. The summed E-state index contributed by atoms with van der Waals surface area (Å²) >= 11 is 3.28. The van der Waals surface area contributed by atoms with Crippen molar-refractivity contribution in [1.82, 2.24) is 5.32 Å². The Morgan fingerprint density at radius 3 is 2.57 bits per heavy atom. The number of halogens is 2. The van der Waals surface area contributed by atoms with Gasteiger partial charge in [-0.15, -0.1) is 0 Å². The average Bonchev–Trinajstić information content (AvgIpc) is 2.50. The lowest BCUT2D eigenvalue weighted by molar-refractivity contribution is -0.127. The molecule has 1 aromatic rings. The van der Waals surface area contributed by atoms with E-state index in [0.717, 1.165) is 0 Å². The first-order valence-electron chi connectivity index (χ1n) is 6.76. The van der Waals surface area contributed by atoms with Crippen LogP contribution in [0.5, 0.6) is 0 Å². The van der Waals surface area contributed by atoms with Crippen molar-refractivity contribution < 1.29 is 14.0 Å². The van der Waals surface area contributed by atoms with Crippen LogP contribution < -0.4 is 10.2 Å². The van der Waals surface area contributed by atoms with Gasteiger partial charge in [0.2, 0.25) is 11.8 Å². The lowest BCUT2D eigenvalue weighted by Gasteiger charge is -2.32. The van der Waals surface area contributed by atoms with Crippen molar-refractivity contribution in [3.63, 3.8) is 0 Å². The van der Waals surface area contributed by atoms with Gasteiger partial charge < -0.3 is 10.2 Å². The van der Waals surface area contributed by atoms with E-state index in [0.29, 0.717) is 10.2 Å². The summed E-state index contributed by atoms with van der Waals surface area (Å²) in [5, 5.41) is 2.78. The number of anilines is 1. The molecule has 21 heavy (non-hydrogen) atoms. The fourth-order valence-electron chi connectivity index (χ4n) is 2.30. The maximum absolute atomic E-state index is 13.2. The molecule has 0 spiro atoms. The molecule has 0 radical (unpaired) electrons. The molecule has 1 saturated heterocycles. The topological polar surface area (TPSA) is 49.4 Å². The largest absolute Gasteiger partial charge is 0.344 e. The van der Waals surface area contributed by atoms with Gasteiger partial charge in [0, 0.05) is 17.4 Å². The maximum Gasteiger partial charge on any atom is 0.250 e. The third-order valence-corrected chi connectivity index (χ3v) is 4.08. The molecule has 1 N–H and O–H groups in total. The Morgan fingerprint density at radius 1 is 1.33 bits per heavy atom. The molecule has 1 aliphatic heterocycles. The van der Waals surface area contributed by atoms with Crippen LogP contribution in [0.25, 0.3) is 0 Å². The van der Waals surface area contributed by atoms with E-state index in [1.807, 2.05) is 20.8 Å². The molecule has 114 valence electrons. The average molecular weight is 357 g/mol. The molecule has 2 amide bonds. The van der Waals surface area contributed by atoms with E-state index in [4.69, 9.17) is 0 Å². The Bertz CT molecular complexity index is 584. The minimum Gasteiger partial charge on any atom is -0.344 e. The fraction of sp³-hybridized carbons (Fsp3) is 0.467. The predicted molar refractivity (Wildman–Crippen MR) is 82.5 cm³/mol. The van der Waals surface area contributed by atoms with Gasteiger partial charge in [-0.25, -0.2) is 4.39 Å². The molecular weight excluding hydrogens is 339 g/mol. The number of carbonyl (C=O) groups is 2. The van der Waals surface area contributed by atoms with Gasteiger partial charge >= 0.3 is 0 Å². The Kier molecular flexibility index (Phi) is 4.37. The molecule has 1 atom stereocenters. The zero-order chi connectivity index (χ0) is 15.8. The molecule has 2 rings (SSSR count). The van der Waals surface area contributed by atoms with Gasteiger partial charge in [-0.2, -0.15) is 0 Å². The number of nitrogens with one attached hydrogen (secondary N) is 1. The second-order valence-corrected chi connectivity index (χ2v) is 7.06. The highest BCUT2D eigenvalue weighted by Crippen LogP contribution is 2.31. The molecule has 6 heteroatoms. The second-order valence-electron chi connectivity index (χ2n) is 6.20. The number of hydrogen-bond donors (Lipinski definition) is 1. The standard InChI is InChI=1S/C15H18BrFN2O2/c1-15(2,3)13-14(21)19(7-6-12(20)18-13)11-5-4-9(17)8-10(11)16/h4-5,8,13H,6-7H2,1-3H3,(H,18,20). The highest BCUT2D eigenvalue weighted by molar-refractivity contribution is 9.10. The second kappa shape index (κ2) is 5.75. The first-order chi connectivity index (χ1) is 9.70. The number of nitrogens with zero attached hydrogens (tertiary/aromatic N) is 1. The van der Waals surface area contributed by atoms with Crippen molar-refractivity contribution in [2.75, 3.05) is 11.4 Å². The molecule has 0 bridgehead atoms. The van der Waals surface area contributed by atoms with E-state index in [-0.39, 0.29) is 30.6 Å². The number of amides is 2. The van der Waals surface area contributed by atoms with Crippen LogP contribution in [0.3, 0.4) is 0 Å². The van der Waals surface area contributed by atoms with Crippen LogP contribution in [0, 0.1) is 11.2 Å². The van der Waals surface area contributed by atoms with Gasteiger partial charge in [-0.3, -0.25) is 9.59 Å². The molecule has 1 aromatic carbocycles. The Balaban J connectivity index is 2.42. The van der Waals surface area contributed by atoms with Gasteiger partial charge in [-0.05, 0) is 39.5 Å². The van der Waals surface area contributed by atoms with Gasteiger partial charge in [0.1, 0.15) is 11.9 Å². The first kappa shape index (κ1) is 15.9. The summed E-state index contributed by atoms with van der Waals surface area (Å²) < 4.78 is 13.7. The summed E-state index contributed by atoms with van der Waals surface area (Å²) in [4.78, 5) is 26.2. The Labute approximate surface area is 131 Å². The van der Waals surface area contributed by atoms with E-state index in [9.17, 15) is 14.0 Å². The third-order valence-electron chi connectivity index (χ3n) is 3.45. The van der Waals surface area contributed by atoms with Crippen LogP contribution in [0.15, 0.2) is 22.7 Å². The number of carbonyl (C=O) groups excluding carboxylic acids is 2. The van der Waals surface area contributed by atoms with E-state index >= 15 is 0 Å². The van der Waals surface area contributed by atoms with Crippen LogP contribution in [0.4, 0.5) is 10.1 Å². The SMILES string of the molecule is CC(C)(C)C1NC(=O)CCN(c2ccc(F)cc2Br)C1=O. The molecule has 1 aliphatic rings. The summed E-state index contributed by atoms with van der Waals surface area (Å²) in [5.41, 5.74) is 0.175. The summed E-state index contributed by atoms with van der Waals surface area (Å²) in [6.07, 6.45) is 0.224. The van der Waals surface area contributed by atoms with Crippen molar-refractivity contribution >= 4 is 33.4 Å². The van der Waals surface area contributed by atoms with Crippen molar-refractivity contribution in [1.29, 1.82) is 0 Å². The van der Waals surface area contributed by atoms with Crippen molar-refractivity contribution in [3.05, 3.63) is 28.5 Å². The monoisotopic (exact) mass is 356 g/mol. The van der Waals surface area contributed by atoms with Crippen LogP contribution >= 0.6 is 15.9 Å². The van der Waals surface area contributed by atoms with Crippen molar-refractivity contribution in [2.24, 2.45) is 5.41 Å². The lowest BCUT2D eigenvalue weighted by atomic mass is 9.86. The van der Waals surface area contributed by atoms with Crippen molar-refractivity contribution in [3.8, 4) is 0 Å². The quantitative estimate of drug-likeness (QED) is 0.840. The van der Waals surface area contributed by atoms with Gasteiger partial charge in [0.25, 0.3) is 0 Å². The molecule has 0 saturated carbocycles. The number of hydrogen-bond acceptors (Lipinski definition) is 2. The minimum atomic E-state index is -0.607. The van der Waals surface area contributed by atoms with E-state index in [1.54, 1.807) is 6.07 Å². The number of benzene rings is 1. The minimum absolute atomic E-state index is 0.149. The molecule has 0 aliphatic carbocycles. The summed E-state index contributed by atoms with van der Waals surface area (Å²) in [6.45, 7) is 5.98. The Morgan fingerprint density at radius 2 is 2.00 bits per heavy atom. The zero-order valence-electron chi connectivity index (χ0n) is 12.2. The highest BCUT2D eigenvalue weighted by Gasteiger charge is 2.38. The summed E-state index contributed by atoms with van der Waals surface area (Å²) in [5.74, 6) is -0.709. The van der Waals surface area contributed by atoms with Crippen LogP contribution in [-0.4, -0.2) is 24.4 Å². The molecule has 1 fully saturated rings. The fourth-order valence-corrected chi connectivity index (χ4v) is 2.87. The van der Waals surface area contributed by atoms with E-state index < -0.39 is 11.5 Å². The molecule has 1 unspecified atom stereocenters. The third kappa shape index (κ3) is 3.43. The van der Waals surface area contributed by atoms with Crippen LogP contribution in [0.2, 0.25) is 0 Å². The van der Waals surface area contributed by atoms with Crippen molar-refractivity contribution in [2.45, 2.75) is 33.2 Å². The smallest absolute Gasteiger partial charge is 0.250 e. The molecule has 1 heterocycles. The van der Waals surface area contributed by atoms with Crippen LogP contribution in [0.1, 0.15) is 27.2 Å². The highest BCUT2D eigenvalue weighted by atomic mass is 79.9. The first-order valence-corrected chi connectivity index (χ1v) is 7.55. The van der Waals surface area contributed by atoms with E-state index in [2.05, 4.69) is 21.2 Å². The summed E-state index contributed by atoms with van der Waals surface area (Å²) in [6, 6.07) is 3.56. The van der Waals surface area contributed by atoms with E-state index in [1.165, 1.54) is 17.0 Å². The number of rotatable bonds is 1. The van der Waals surface area contributed by atoms with Gasteiger partial charge in [0.05, 0.1) is 5.69 Å². The van der Waals surface area contributed by atoms with Crippen LogP contribution in [-0.2, 0) is 9.59 Å². The Hall–Kier alpha value is -1.43. The molecule has 0 aromatic heterocycles. The van der Waals surface area contributed by atoms with Gasteiger partial charge in [-0.1, -0.05) is 20.8 Å². The normalized spacial score (nSPS) is 20.2. The maximum atomic E-state index is 13.2. The zero-order valence-corrected chi connectivity index (χ0v) is 13.8. The summed E-state index contributed by atoms with van der Waals surface area (Å²) in [7, 11) is 0. The predicted octanol–water partition coefficient (Wildman–Crippen LogP) is 2.86. The molecular formula is C15H18BrFN2O2.